The van der Waals surface area contributed by atoms with Crippen molar-refractivity contribution >= 4 is 22.5 Å². The molecular formula is C19H17F3N4. The van der Waals surface area contributed by atoms with Crippen LogP contribution in [-0.2, 0) is 6.18 Å². The van der Waals surface area contributed by atoms with Gasteiger partial charge in [0.25, 0.3) is 0 Å². The zero-order chi connectivity index (χ0) is 18.1. The number of benzene rings is 2. The highest BCUT2D eigenvalue weighted by Crippen LogP contribution is 2.35. The lowest BCUT2D eigenvalue weighted by Crippen LogP contribution is -2.47. The molecule has 4 nitrogen and oxygen atoms in total. The summed E-state index contributed by atoms with van der Waals surface area (Å²) in [4.78, 5) is 12.0. The van der Waals surface area contributed by atoms with E-state index in [4.69, 9.17) is 0 Å². The van der Waals surface area contributed by atoms with Crippen LogP contribution in [0.3, 0.4) is 0 Å². The van der Waals surface area contributed by atoms with Gasteiger partial charge in [0.05, 0.1) is 11.0 Å². The first-order valence-corrected chi connectivity index (χ1v) is 8.41. The van der Waals surface area contributed by atoms with Crippen LogP contribution in [0.1, 0.15) is 5.69 Å². The lowest BCUT2D eigenvalue weighted by Gasteiger charge is -2.37. The minimum atomic E-state index is -4.54. The molecule has 3 aromatic rings. The second-order valence-corrected chi connectivity index (χ2v) is 6.19. The van der Waals surface area contributed by atoms with Crippen LogP contribution in [-0.4, -0.2) is 36.1 Å². The Hall–Kier alpha value is -2.83. The van der Waals surface area contributed by atoms with Gasteiger partial charge in [-0.25, -0.2) is 9.97 Å². The molecule has 1 saturated heterocycles. The smallest absolute Gasteiger partial charge is 0.368 e. The predicted molar refractivity (Wildman–Crippen MR) is 95.4 cm³/mol. The summed E-state index contributed by atoms with van der Waals surface area (Å²) in [7, 11) is 0. The highest BCUT2D eigenvalue weighted by atomic mass is 19.4. The number of para-hydroxylation sites is 3. The predicted octanol–water partition coefficient (Wildman–Crippen LogP) is 3.98. The second kappa shape index (κ2) is 6.48. The topological polar surface area (TPSA) is 32.3 Å². The average molecular weight is 358 g/mol. The van der Waals surface area contributed by atoms with Crippen molar-refractivity contribution in [1.82, 2.24) is 9.97 Å². The fourth-order valence-corrected chi connectivity index (χ4v) is 3.22. The molecule has 2 heterocycles. The standard InChI is InChI=1S/C19H17F3N4/c20-19(21,22)17-18(24-16-9-5-4-8-15(16)23-17)26-12-10-25(11-13-26)14-6-2-1-3-7-14/h1-9H,10-13H2. The van der Waals surface area contributed by atoms with Crippen LogP contribution in [0.4, 0.5) is 24.7 Å². The van der Waals surface area contributed by atoms with Crippen LogP contribution < -0.4 is 9.80 Å². The maximum atomic E-state index is 13.5. The van der Waals surface area contributed by atoms with Crippen molar-refractivity contribution in [1.29, 1.82) is 0 Å². The quantitative estimate of drug-likeness (QED) is 0.694. The molecule has 0 N–H and O–H groups in total. The molecule has 2 aromatic carbocycles. The van der Waals surface area contributed by atoms with Gasteiger partial charge in [-0.05, 0) is 24.3 Å². The molecule has 0 bridgehead atoms. The molecule has 4 rings (SSSR count). The van der Waals surface area contributed by atoms with E-state index in [1.54, 1.807) is 29.2 Å². The zero-order valence-corrected chi connectivity index (χ0v) is 13.9. The van der Waals surface area contributed by atoms with Gasteiger partial charge in [-0.3, -0.25) is 0 Å². The van der Waals surface area contributed by atoms with Crippen LogP contribution in [0.15, 0.2) is 54.6 Å². The molecule has 1 aliphatic rings. The number of halogens is 3. The Morgan fingerprint density at radius 3 is 1.85 bits per heavy atom. The van der Waals surface area contributed by atoms with Gasteiger partial charge in [-0.1, -0.05) is 30.3 Å². The number of rotatable bonds is 2. The van der Waals surface area contributed by atoms with Crippen molar-refractivity contribution in [3.63, 3.8) is 0 Å². The van der Waals surface area contributed by atoms with Crippen molar-refractivity contribution in [3.05, 3.63) is 60.3 Å². The number of hydrogen-bond donors (Lipinski definition) is 0. The van der Waals surface area contributed by atoms with Crippen molar-refractivity contribution in [2.75, 3.05) is 36.0 Å². The third-order valence-corrected chi connectivity index (χ3v) is 4.52. The molecule has 0 spiro atoms. The van der Waals surface area contributed by atoms with Crippen LogP contribution in [0.25, 0.3) is 11.0 Å². The van der Waals surface area contributed by atoms with Gasteiger partial charge < -0.3 is 9.80 Å². The highest BCUT2D eigenvalue weighted by molar-refractivity contribution is 5.76. The number of fused-ring (bicyclic) bond motifs is 1. The number of anilines is 2. The van der Waals surface area contributed by atoms with E-state index in [-0.39, 0.29) is 11.3 Å². The maximum absolute atomic E-state index is 13.5. The minimum absolute atomic E-state index is 0.0797. The molecule has 0 aliphatic carbocycles. The minimum Gasteiger partial charge on any atom is -0.368 e. The van der Waals surface area contributed by atoms with E-state index in [9.17, 15) is 13.2 Å². The van der Waals surface area contributed by atoms with Crippen LogP contribution in [0.2, 0.25) is 0 Å². The van der Waals surface area contributed by atoms with Gasteiger partial charge in [0.15, 0.2) is 11.5 Å². The maximum Gasteiger partial charge on any atom is 0.437 e. The van der Waals surface area contributed by atoms with Gasteiger partial charge in [0.2, 0.25) is 0 Å². The van der Waals surface area contributed by atoms with Gasteiger partial charge in [0, 0.05) is 31.9 Å². The van der Waals surface area contributed by atoms with Gasteiger partial charge in [-0.2, -0.15) is 13.2 Å². The number of nitrogens with zero attached hydrogens (tertiary/aromatic N) is 4. The summed E-state index contributed by atoms with van der Waals surface area (Å²) in [6.45, 7) is 2.20. The normalized spacial score (nSPS) is 15.5. The highest BCUT2D eigenvalue weighted by Gasteiger charge is 2.39. The van der Waals surface area contributed by atoms with Gasteiger partial charge in [-0.15, -0.1) is 0 Å². The Morgan fingerprint density at radius 1 is 0.692 bits per heavy atom. The number of hydrogen-bond acceptors (Lipinski definition) is 4. The SMILES string of the molecule is FC(F)(F)c1nc2ccccc2nc1N1CCN(c2ccccc2)CC1. The van der Waals surface area contributed by atoms with E-state index in [2.05, 4.69) is 14.9 Å². The first-order chi connectivity index (χ1) is 12.5. The fraction of sp³-hybridized carbons (Fsp3) is 0.263. The third kappa shape index (κ3) is 3.16. The van der Waals surface area contributed by atoms with Crippen LogP contribution in [0.5, 0.6) is 0 Å². The monoisotopic (exact) mass is 358 g/mol. The number of piperazine rings is 1. The van der Waals surface area contributed by atoms with Crippen molar-refractivity contribution in [2.24, 2.45) is 0 Å². The Kier molecular flexibility index (Phi) is 4.14. The summed E-state index contributed by atoms with van der Waals surface area (Å²) in [5.41, 5.74) is 0.893. The van der Waals surface area contributed by atoms with Crippen LogP contribution in [0, 0.1) is 0 Å². The summed E-state index contributed by atoms with van der Waals surface area (Å²) >= 11 is 0. The third-order valence-electron chi connectivity index (χ3n) is 4.52. The zero-order valence-electron chi connectivity index (χ0n) is 13.9. The van der Waals surface area contributed by atoms with E-state index in [0.717, 1.165) is 5.69 Å². The van der Waals surface area contributed by atoms with E-state index in [0.29, 0.717) is 31.7 Å². The van der Waals surface area contributed by atoms with Crippen molar-refractivity contribution in [2.45, 2.75) is 6.18 Å². The molecule has 26 heavy (non-hydrogen) atoms. The Labute approximate surface area is 148 Å². The molecule has 0 unspecified atom stereocenters. The van der Waals surface area contributed by atoms with Crippen LogP contribution >= 0.6 is 0 Å². The van der Waals surface area contributed by atoms with Gasteiger partial charge in [0.1, 0.15) is 0 Å². The molecule has 0 atom stereocenters. The summed E-state index contributed by atoms with van der Waals surface area (Å²) in [5, 5.41) is 0. The molecule has 0 saturated carbocycles. The molecule has 134 valence electrons. The van der Waals surface area contributed by atoms with Crippen molar-refractivity contribution in [3.8, 4) is 0 Å². The van der Waals surface area contributed by atoms with E-state index < -0.39 is 11.9 Å². The summed E-state index contributed by atoms with van der Waals surface area (Å²) in [5.74, 6) is -0.0797. The molecule has 1 aromatic heterocycles. The Morgan fingerprint density at radius 2 is 1.23 bits per heavy atom. The first-order valence-electron chi connectivity index (χ1n) is 8.41. The Balaban J connectivity index is 1.64. The van der Waals surface area contributed by atoms with E-state index in [1.165, 1.54) is 0 Å². The lowest BCUT2D eigenvalue weighted by atomic mass is 10.2. The summed E-state index contributed by atoms with van der Waals surface area (Å²) in [6.07, 6.45) is -4.54. The second-order valence-electron chi connectivity index (χ2n) is 6.19. The fourth-order valence-electron chi connectivity index (χ4n) is 3.22. The number of alkyl halides is 3. The summed E-state index contributed by atoms with van der Waals surface area (Å²) < 4.78 is 40.6. The molecule has 7 heteroatoms. The average Bonchev–Trinajstić information content (AvgIpc) is 2.67. The lowest BCUT2D eigenvalue weighted by molar-refractivity contribution is -0.140. The summed E-state index contributed by atoms with van der Waals surface area (Å²) in [6, 6.07) is 16.5. The molecule has 0 amide bonds. The van der Waals surface area contributed by atoms with Crippen molar-refractivity contribution < 1.29 is 13.2 Å². The Bertz CT molecular complexity index is 904. The largest absolute Gasteiger partial charge is 0.437 e. The molecular weight excluding hydrogens is 341 g/mol. The first kappa shape index (κ1) is 16.6. The molecule has 0 radical (unpaired) electrons. The van der Waals surface area contributed by atoms with E-state index >= 15 is 0 Å². The molecule has 1 fully saturated rings. The molecule has 1 aliphatic heterocycles. The number of aromatic nitrogens is 2. The van der Waals surface area contributed by atoms with E-state index in [1.807, 2.05) is 30.3 Å². The van der Waals surface area contributed by atoms with Gasteiger partial charge >= 0.3 is 6.18 Å².